The van der Waals surface area contributed by atoms with E-state index in [2.05, 4.69) is 36.3 Å². The van der Waals surface area contributed by atoms with Crippen LogP contribution in [0, 0.1) is 31.0 Å². The number of benzene rings is 1. The minimum Gasteiger partial charge on any atom is -0.494 e. The fourth-order valence-corrected chi connectivity index (χ4v) is 4.51. The number of amides is 1. The minimum absolute atomic E-state index is 0.130. The predicted octanol–water partition coefficient (Wildman–Crippen LogP) is 5.10. The number of methoxy groups -OCH3 is 1. The van der Waals surface area contributed by atoms with Crippen LogP contribution in [-0.4, -0.2) is 37.9 Å². The molecule has 5 aromatic rings. The quantitative estimate of drug-likeness (QED) is 0.345. The third-order valence-electron chi connectivity index (χ3n) is 5.59. The average Bonchev–Trinajstić information content (AvgIpc) is 3.31. The number of hydrogen-bond acceptors (Lipinski definition) is 9. The van der Waals surface area contributed by atoms with Crippen molar-refractivity contribution in [2.45, 2.75) is 13.8 Å². The van der Waals surface area contributed by atoms with Crippen LogP contribution in [0.15, 0.2) is 48.9 Å². The van der Waals surface area contributed by atoms with Gasteiger partial charge in [0.1, 0.15) is 5.75 Å². The van der Waals surface area contributed by atoms with Crippen molar-refractivity contribution in [2.75, 3.05) is 12.4 Å². The lowest BCUT2D eigenvalue weighted by molar-refractivity contribution is 0.102. The summed E-state index contributed by atoms with van der Waals surface area (Å²) in [4.78, 5) is 35.4. The standard InChI is InChI=1S/C26H18FN7O2S/c1-13-8-17(21-20(36-3)12-30-14(2)22(21)27)18(10-29-13)24(35)34-26-33-23-25(37-26)32-19(11-31-23)16-6-4-15(9-28)5-7-16/h4-8,10-12H,1-3H3,(H,31,33,34,35). The van der Waals surface area contributed by atoms with Crippen LogP contribution in [0.4, 0.5) is 9.52 Å². The van der Waals surface area contributed by atoms with Crippen molar-refractivity contribution in [3.05, 3.63) is 77.3 Å². The third-order valence-corrected chi connectivity index (χ3v) is 6.44. The largest absolute Gasteiger partial charge is 0.494 e. The number of nitrogens with one attached hydrogen (secondary N) is 1. The van der Waals surface area contributed by atoms with E-state index in [1.165, 1.54) is 19.5 Å². The van der Waals surface area contributed by atoms with Gasteiger partial charge in [-0.25, -0.2) is 14.4 Å². The van der Waals surface area contributed by atoms with E-state index >= 15 is 4.39 Å². The first kappa shape index (κ1) is 23.9. The van der Waals surface area contributed by atoms with Gasteiger partial charge < -0.3 is 4.74 Å². The van der Waals surface area contributed by atoms with Crippen LogP contribution in [-0.2, 0) is 0 Å². The molecule has 4 heterocycles. The molecule has 1 aromatic carbocycles. The van der Waals surface area contributed by atoms with Gasteiger partial charge in [-0.05, 0) is 32.0 Å². The van der Waals surface area contributed by atoms with Crippen molar-refractivity contribution in [1.82, 2.24) is 24.9 Å². The van der Waals surface area contributed by atoms with E-state index in [-0.39, 0.29) is 27.7 Å². The van der Waals surface area contributed by atoms with Crippen LogP contribution in [0.5, 0.6) is 5.75 Å². The zero-order valence-corrected chi connectivity index (χ0v) is 20.7. The molecule has 0 aliphatic carbocycles. The zero-order valence-electron chi connectivity index (χ0n) is 19.9. The van der Waals surface area contributed by atoms with Crippen molar-refractivity contribution in [3.63, 3.8) is 0 Å². The van der Waals surface area contributed by atoms with E-state index in [0.29, 0.717) is 33.0 Å². The fourth-order valence-electron chi connectivity index (χ4n) is 3.71. The molecule has 0 radical (unpaired) electrons. The summed E-state index contributed by atoms with van der Waals surface area (Å²) in [6.45, 7) is 3.29. The molecule has 0 saturated heterocycles. The lowest BCUT2D eigenvalue weighted by Gasteiger charge is -2.14. The number of nitrogens with zero attached hydrogens (tertiary/aromatic N) is 6. The Hall–Kier alpha value is -4.82. The molecule has 0 bridgehead atoms. The SMILES string of the molecule is COc1cnc(C)c(F)c1-c1cc(C)ncc1C(=O)Nc1nc2ncc(-c3ccc(C#N)cc3)nc2s1. The topological polar surface area (TPSA) is 127 Å². The molecule has 0 saturated carbocycles. The van der Waals surface area contributed by atoms with Crippen LogP contribution < -0.4 is 10.1 Å². The summed E-state index contributed by atoms with van der Waals surface area (Å²) in [5, 5.41) is 12.0. The molecule has 5 rings (SSSR count). The van der Waals surface area contributed by atoms with Crippen molar-refractivity contribution in [2.24, 2.45) is 0 Å². The third kappa shape index (κ3) is 4.57. The Morgan fingerprint density at radius 2 is 1.86 bits per heavy atom. The highest BCUT2D eigenvalue weighted by Gasteiger charge is 2.23. The van der Waals surface area contributed by atoms with Gasteiger partial charge in [-0.15, -0.1) is 0 Å². The van der Waals surface area contributed by atoms with Crippen molar-refractivity contribution < 1.29 is 13.9 Å². The Kier molecular flexibility index (Phi) is 6.25. The molecule has 4 aromatic heterocycles. The van der Waals surface area contributed by atoms with Crippen LogP contribution in [0.2, 0.25) is 0 Å². The minimum atomic E-state index is -0.581. The number of pyridine rings is 2. The second-order valence-corrected chi connectivity index (χ2v) is 9.00. The van der Waals surface area contributed by atoms with Gasteiger partial charge >= 0.3 is 0 Å². The van der Waals surface area contributed by atoms with Crippen molar-refractivity contribution in [1.29, 1.82) is 5.26 Å². The van der Waals surface area contributed by atoms with Gasteiger partial charge in [-0.1, -0.05) is 23.5 Å². The average molecular weight is 512 g/mol. The van der Waals surface area contributed by atoms with Gasteiger partial charge in [-0.2, -0.15) is 10.2 Å². The number of fused-ring (bicyclic) bond motifs is 1. The molecule has 0 atom stereocenters. The number of rotatable bonds is 5. The number of anilines is 1. The Labute approximate surface area is 214 Å². The molecule has 1 N–H and O–H groups in total. The highest BCUT2D eigenvalue weighted by atomic mass is 32.1. The summed E-state index contributed by atoms with van der Waals surface area (Å²) in [5.41, 5.74) is 3.71. The molecule has 1 amide bonds. The summed E-state index contributed by atoms with van der Waals surface area (Å²) in [5.74, 6) is -0.904. The number of halogens is 1. The number of aromatic nitrogens is 5. The number of hydrogen-bond donors (Lipinski definition) is 1. The first-order chi connectivity index (χ1) is 17.9. The number of aryl methyl sites for hydroxylation is 2. The van der Waals surface area contributed by atoms with Crippen LogP contribution in [0.3, 0.4) is 0 Å². The monoisotopic (exact) mass is 511 g/mol. The second-order valence-electron chi connectivity index (χ2n) is 8.02. The second kappa shape index (κ2) is 9.67. The van der Waals surface area contributed by atoms with E-state index in [9.17, 15) is 4.79 Å². The zero-order chi connectivity index (χ0) is 26.1. The maximum atomic E-state index is 15.2. The Balaban J connectivity index is 1.49. The maximum Gasteiger partial charge on any atom is 0.259 e. The molecular formula is C26H18FN7O2S. The first-order valence-corrected chi connectivity index (χ1v) is 11.8. The van der Waals surface area contributed by atoms with Gasteiger partial charge in [0.15, 0.2) is 21.4 Å². The van der Waals surface area contributed by atoms with E-state index in [0.717, 1.165) is 16.9 Å². The van der Waals surface area contributed by atoms with E-state index in [4.69, 9.17) is 10.00 Å². The summed E-state index contributed by atoms with van der Waals surface area (Å²) in [6, 6.07) is 10.7. The normalized spacial score (nSPS) is 10.8. The van der Waals surface area contributed by atoms with Crippen LogP contribution >= 0.6 is 11.3 Å². The van der Waals surface area contributed by atoms with Crippen molar-refractivity contribution in [3.8, 4) is 34.2 Å². The number of carbonyl (C=O) groups excluding carboxylic acids is 1. The van der Waals surface area contributed by atoms with Gasteiger partial charge in [0, 0.05) is 23.0 Å². The Morgan fingerprint density at radius 3 is 2.59 bits per heavy atom. The summed E-state index contributed by atoms with van der Waals surface area (Å²) in [7, 11) is 1.41. The fraction of sp³-hybridized carbons (Fsp3) is 0.115. The van der Waals surface area contributed by atoms with Gasteiger partial charge in [0.2, 0.25) is 0 Å². The van der Waals surface area contributed by atoms with Gasteiger partial charge in [0.05, 0.1) is 53.7 Å². The molecule has 37 heavy (non-hydrogen) atoms. The number of thiazole rings is 1. The first-order valence-electron chi connectivity index (χ1n) is 11.0. The van der Waals surface area contributed by atoms with Crippen LogP contribution in [0.25, 0.3) is 32.9 Å². The van der Waals surface area contributed by atoms with E-state index in [1.54, 1.807) is 50.4 Å². The number of carbonyl (C=O) groups is 1. The molecular weight excluding hydrogens is 493 g/mol. The Bertz CT molecular complexity index is 1710. The lowest BCUT2D eigenvalue weighted by atomic mass is 9.99. The molecule has 182 valence electrons. The highest BCUT2D eigenvalue weighted by molar-refractivity contribution is 7.21. The van der Waals surface area contributed by atoms with Crippen molar-refractivity contribution >= 4 is 32.9 Å². The molecule has 0 aliphatic rings. The highest BCUT2D eigenvalue weighted by Crippen LogP contribution is 2.36. The number of nitriles is 1. The van der Waals surface area contributed by atoms with E-state index in [1.807, 2.05) is 0 Å². The van der Waals surface area contributed by atoms with Gasteiger partial charge in [-0.3, -0.25) is 20.1 Å². The van der Waals surface area contributed by atoms with Crippen LogP contribution in [0.1, 0.15) is 27.3 Å². The van der Waals surface area contributed by atoms with Gasteiger partial charge in [0.25, 0.3) is 5.91 Å². The molecule has 0 aliphatic heterocycles. The smallest absolute Gasteiger partial charge is 0.259 e. The lowest BCUT2D eigenvalue weighted by Crippen LogP contribution is -2.14. The summed E-state index contributed by atoms with van der Waals surface area (Å²) < 4.78 is 20.5. The number of ether oxygens (including phenoxy) is 1. The molecule has 0 unspecified atom stereocenters. The molecule has 9 nitrogen and oxygen atoms in total. The summed E-state index contributed by atoms with van der Waals surface area (Å²) in [6.07, 6.45) is 4.39. The van der Waals surface area contributed by atoms with E-state index < -0.39 is 11.7 Å². The molecule has 11 heteroatoms. The molecule has 0 fully saturated rings. The maximum absolute atomic E-state index is 15.2. The predicted molar refractivity (Wildman–Crippen MR) is 137 cm³/mol. The molecule has 0 spiro atoms. The Morgan fingerprint density at radius 1 is 1.08 bits per heavy atom. The summed E-state index contributed by atoms with van der Waals surface area (Å²) >= 11 is 1.16.